The Morgan fingerprint density at radius 3 is 2.19 bits per heavy atom. The highest BCUT2D eigenvalue weighted by Crippen LogP contribution is 2.35. The summed E-state index contributed by atoms with van der Waals surface area (Å²) >= 11 is 12.0. The molecule has 0 bridgehead atoms. The van der Waals surface area contributed by atoms with Crippen molar-refractivity contribution in [3.8, 4) is 0 Å². The van der Waals surface area contributed by atoms with E-state index in [-0.39, 0.29) is 0 Å². The Morgan fingerprint density at radius 2 is 1.75 bits per heavy atom. The van der Waals surface area contributed by atoms with Crippen LogP contribution in [0.25, 0.3) is 5.57 Å². The lowest BCUT2D eigenvalue weighted by molar-refractivity contribution is 0.518. The molecule has 0 amide bonds. The van der Waals surface area contributed by atoms with Crippen molar-refractivity contribution in [1.29, 1.82) is 0 Å². The van der Waals surface area contributed by atoms with E-state index in [1.165, 1.54) is 5.56 Å². The molecule has 1 rings (SSSR count). The Balaban J connectivity index is 3.20. The van der Waals surface area contributed by atoms with Crippen LogP contribution in [0, 0.1) is 18.8 Å². The molecule has 0 aliphatic heterocycles. The number of benzene rings is 1. The van der Waals surface area contributed by atoms with Crippen LogP contribution in [0.5, 0.6) is 0 Å². The normalized spacial score (nSPS) is 12.7. The molecule has 2 heteroatoms. The second kappa shape index (κ2) is 5.75. The Kier molecular flexibility index (Phi) is 4.89. The van der Waals surface area contributed by atoms with E-state index in [2.05, 4.69) is 45.9 Å². The van der Waals surface area contributed by atoms with Crippen molar-refractivity contribution >= 4 is 28.8 Å². The molecule has 0 saturated carbocycles. The first-order valence-corrected chi connectivity index (χ1v) is 6.31. The fourth-order valence-corrected chi connectivity index (χ4v) is 2.25. The van der Waals surface area contributed by atoms with Gasteiger partial charge in [0.05, 0.1) is 0 Å². The largest absolute Gasteiger partial charge is 0.110 e. The van der Waals surface area contributed by atoms with Crippen molar-refractivity contribution in [3.63, 3.8) is 0 Å². The number of hydrogen-bond acceptors (Lipinski definition) is 0. The molecule has 16 heavy (non-hydrogen) atoms. The molecule has 0 aromatic heterocycles. The van der Waals surface area contributed by atoms with Gasteiger partial charge in [0.2, 0.25) is 0 Å². The first kappa shape index (κ1) is 13.6. The third kappa shape index (κ3) is 3.26. The monoisotopic (exact) mass is 256 g/mol. The molecule has 0 aliphatic rings. The molecule has 0 aliphatic carbocycles. The topological polar surface area (TPSA) is 0 Å². The quantitative estimate of drug-likeness (QED) is 0.677. The highest BCUT2D eigenvalue weighted by molar-refractivity contribution is 6.58. The summed E-state index contributed by atoms with van der Waals surface area (Å²) in [5, 5.41) is 0. The van der Waals surface area contributed by atoms with Gasteiger partial charge in [-0.2, -0.15) is 0 Å². The van der Waals surface area contributed by atoms with Gasteiger partial charge >= 0.3 is 0 Å². The molecule has 0 fully saturated rings. The minimum Gasteiger partial charge on any atom is -0.0706 e. The Labute approximate surface area is 108 Å². The summed E-state index contributed by atoms with van der Waals surface area (Å²) < 4.78 is 0.381. The van der Waals surface area contributed by atoms with Gasteiger partial charge in [0.1, 0.15) is 4.49 Å². The van der Waals surface area contributed by atoms with Crippen LogP contribution in [-0.4, -0.2) is 0 Å². The number of rotatable bonds is 3. The zero-order chi connectivity index (χ0) is 12.3. The predicted molar refractivity (Wildman–Crippen MR) is 73.8 cm³/mol. The lowest BCUT2D eigenvalue weighted by Gasteiger charge is -2.20. The van der Waals surface area contributed by atoms with Crippen LogP contribution in [0.1, 0.15) is 31.9 Å². The number of hydrogen-bond donors (Lipinski definition) is 0. The third-order valence-electron chi connectivity index (χ3n) is 2.99. The number of allylic oxidation sites excluding steroid dienone is 1. The second-order valence-corrected chi connectivity index (χ2v) is 5.53. The van der Waals surface area contributed by atoms with Crippen molar-refractivity contribution in [1.82, 2.24) is 0 Å². The standard InChI is InChI=1S/C14H18Cl2/c1-9(2)11(4)13(14(15)16)12-7-5-6-10(3)8-12/h5-9,11H,1-4H3. The average molecular weight is 257 g/mol. The van der Waals surface area contributed by atoms with E-state index in [4.69, 9.17) is 23.2 Å². The molecule has 0 N–H and O–H groups in total. The predicted octanol–water partition coefficient (Wildman–Crippen LogP) is 5.43. The van der Waals surface area contributed by atoms with Crippen molar-refractivity contribution < 1.29 is 0 Å². The maximum absolute atomic E-state index is 6.01. The highest BCUT2D eigenvalue weighted by Gasteiger charge is 2.17. The molecule has 1 aromatic carbocycles. The summed E-state index contributed by atoms with van der Waals surface area (Å²) in [6, 6.07) is 8.29. The molecule has 0 nitrogen and oxygen atoms in total. The maximum Gasteiger partial charge on any atom is 0.110 e. The van der Waals surface area contributed by atoms with E-state index in [1.807, 2.05) is 6.07 Å². The summed E-state index contributed by atoms with van der Waals surface area (Å²) in [7, 11) is 0. The first-order valence-electron chi connectivity index (χ1n) is 5.55. The molecule has 88 valence electrons. The number of halogens is 2. The van der Waals surface area contributed by atoms with E-state index in [0.29, 0.717) is 16.3 Å². The van der Waals surface area contributed by atoms with Crippen LogP contribution < -0.4 is 0 Å². The van der Waals surface area contributed by atoms with Gasteiger partial charge in [-0.15, -0.1) is 0 Å². The summed E-state index contributed by atoms with van der Waals surface area (Å²) in [5.74, 6) is 0.870. The lowest BCUT2D eigenvalue weighted by Crippen LogP contribution is -2.07. The third-order valence-corrected chi connectivity index (χ3v) is 3.40. The smallest absolute Gasteiger partial charge is 0.0706 e. The summed E-state index contributed by atoms with van der Waals surface area (Å²) in [6.45, 7) is 8.59. The van der Waals surface area contributed by atoms with Crippen molar-refractivity contribution in [2.45, 2.75) is 27.7 Å². The average Bonchev–Trinajstić information content (AvgIpc) is 2.17. The maximum atomic E-state index is 6.01. The van der Waals surface area contributed by atoms with Crippen LogP contribution in [0.4, 0.5) is 0 Å². The highest BCUT2D eigenvalue weighted by atomic mass is 35.5. The Morgan fingerprint density at radius 1 is 1.12 bits per heavy atom. The molecule has 1 unspecified atom stereocenters. The van der Waals surface area contributed by atoms with E-state index in [0.717, 1.165) is 11.1 Å². The number of aryl methyl sites for hydroxylation is 1. The zero-order valence-corrected chi connectivity index (χ0v) is 11.7. The molecular formula is C14H18Cl2. The van der Waals surface area contributed by atoms with Gasteiger partial charge in [-0.05, 0) is 29.9 Å². The minimum atomic E-state index is 0.354. The SMILES string of the molecule is Cc1cccc(C(=C(Cl)Cl)C(C)C(C)C)c1. The van der Waals surface area contributed by atoms with E-state index < -0.39 is 0 Å². The molecule has 0 spiro atoms. The fourth-order valence-electron chi connectivity index (χ4n) is 1.69. The second-order valence-electron chi connectivity index (χ2n) is 4.58. The molecular weight excluding hydrogens is 239 g/mol. The lowest BCUT2D eigenvalue weighted by atomic mass is 9.86. The van der Waals surface area contributed by atoms with Gasteiger partial charge in [-0.25, -0.2) is 0 Å². The summed E-state index contributed by atoms with van der Waals surface area (Å²) in [6.07, 6.45) is 0. The summed E-state index contributed by atoms with van der Waals surface area (Å²) in [5.41, 5.74) is 3.39. The van der Waals surface area contributed by atoms with Gasteiger partial charge in [-0.3, -0.25) is 0 Å². The van der Waals surface area contributed by atoms with Gasteiger partial charge < -0.3 is 0 Å². The molecule has 0 saturated heterocycles. The van der Waals surface area contributed by atoms with Crippen LogP contribution in [0.15, 0.2) is 28.8 Å². The van der Waals surface area contributed by atoms with Gasteiger partial charge in [0, 0.05) is 0 Å². The van der Waals surface area contributed by atoms with Gasteiger partial charge in [-0.1, -0.05) is 73.8 Å². The molecule has 1 atom stereocenters. The van der Waals surface area contributed by atoms with Crippen LogP contribution in [-0.2, 0) is 0 Å². The van der Waals surface area contributed by atoms with Crippen molar-refractivity contribution in [2.75, 3.05) is 0 Å². The van der Waals surface area contributed by atoms with Crippen LogP contribution >= 0.6 is 23.2 Å². The van der Waals surface area contributed by atoms with E-state index >= 15 is 0 Å². The fraction of sp³-hybridized carbons (Fsp3) is 0.429. The Bertz CT molecular complexity index is 387. The first-order chi connectivity index (χ1) is 7.43. The molecule has 0 heterocycles. The van der Waals surface area contributed by atoms with E-state index in [9.17, 15) is 0 Å². The van der Waals surface area contributed by atoms with Crippen LogP contribution in [0.3, 0.4) is 0 Å². The van der Waals surface area contributed by atoms with Gasteiger partial charge in [0.25, 0.3) is 0 Å². The zero-order valence-electron chi connectivity index (χ0n) is 10.2. The van der Waals surface area contributed by atoms with Crippen molar-refractivity contribution in [3.05, 3.63) is 39.9 Å². The van der Waals surface area contributed by atoms with E-state index in [1.54, 1.807) is 0 Å². The van der Waals surface area contributed by atoms with Gasteiger partial charge in [0.15, 0.2) is 0 Å². The van der Waals surface area contributed by atoms with Crippen LogP contribution in [0.2, 0.25) is 0 Å². The molecule has 0 radical (unpaired) electrons. The summed E-state index contributed by atoms with van der Waals surface area (Å²) in [4.78, 5) is 0. The Hall–Kier alpha value is -0.460. The molecule has 1 aromatic rings. The van der Waals surface area contributed by atoms with Crippen molar-refractivity contribution in [2.24, 2.45) is 11.8 Å². The minimum absolute atomic E-state index is 0.354.